The van der Waals surface area contributed by atoms with Gasteiger partial charge in [0.05, 0.1) is 24.8 Å². The van der Waals surface area contributed by atoms with Crippen molar-refractivity contribution < 1.29 is 36.9 Å². The first-order valence-corrected chi connectivity index (χ1v) is 10.8. The number of carboxylic acids is 1. The van der Waals surface area contributed by atoms with Crippen LogP contribution in [0.15, 0.2) is 60.7 Å². The summed E-state index contributed by atoms with van der Waals surface area (Å²) >= 11 is 0. The van der Waals surface area contributed by atoms with E-state index in [1.165, 1.54) is 6.07 Å². The second kappa shape index (κ2) is 11.2. The van der Waals surface area contributed by atoms with Gasteiger partial charge in [-0.25, -0.2) is 9.18 Å². The first-order valence-electron chi connectivity index (χ1n) is 10.8. The molecule has 0 aliphatic rings. The van der Waals surface area contributed by atoms with Crippen molar-refractivity contribution in [3.8, 4) is 22.6 Å². The highest BCUT2D eigenvalue weighted by Gasteiger charge is 2.32. The van der Waals surface area contributed by atoms with Gasteiger partial charge in [0.1, 0.15) is 17.3 Å². The van der Waals surface area contributed by atoms with E-state index in [-0.39, 0.29) is 29.5 Å². The summed E-state index contributed by atoms with van der Waals surface area (Å²) in [6.07, 6.45) is -4.16. The van der Waals surface area contributed by atoms with Crippen LogP contribution >= 0.6 is 0 Å². The number of halogens is 4. The predicted molar refractivity (Wildman–Crippen MR) is 123 cm³/mol. The molecule has 9 heteroatoms. The molecule has 1 atom stereocenters. The zero-order valence-corrected chi connectivity index (χ0v) is 19.2. The third kappa shape index (κ3) is 7.19. The van der Waals surface area contributed by atoms with Gasteiger partial charge in [-0.15, -0.1) is 0 Å². The Labute approximate surface area is 200 Å². The van der Waals surface area contributed by atoms with Gasteiger partial charge in [0.2, 0.25) is 0 Å². The van der Waals surface area contributed by atoms with Crippen LogP contribution in [0.2, 0.25) is 0 Å². The van der Waals surface area contributed by atoms with E-state index in [9.17, 15) is 27.5 Å². The van der Waals surface area contributed by atoms with Gasteiger partial charge in [0, 0.05) is 12.1 Å². The highest BCUT2D eigenvalue weighted by molar-refractivity contribution is 5.90. The Morgan fingerprint density at radius 2 is 1.77 bits per heavy atom. The SMILES string of the molecule is COc1cccc([C@@H](C)NCCCOc2cc(F)cc(-c3cc(C(=O)O)cc(C(F)(F)F)c3)c2)c1. The van der Waals surface area contributed by atoms with Gasteiger partial charge in [0.25, 0.3) is 0 Å². The number of methoxy groups -OCH3 is 1. The van der Waals surface area contributed by atoms with Crippen LogP contribution in [-0.2, 0) is 6.18 Å². The molecule has 35 heavy (non-hydrogen) atoms. The summed E-state index contributed by atoms with van der Waals surface area (Å²) in [7, 11) is 1.60. The molecule has 0 heterocycles. The van der Waals surface area contributed by atoms with Crippen molar-refractivity contribution >= 4 is 5.97 Å². The molecule has 0 bridgehead atoms. The quantitative estimate of drug-likeness (QED) is 0.256. The zero-order chi connectivity index (χ0) is 25.6. The lowest BCUT2D eigenvalue weighted by molar-refractivity contribution is -0.137. The molecular weight excluding hydrogens is 466 g/mol. The summed E-state index contributed by atoms with van der Waals surface area (Å²) in [6.45, 7) is 2.86. The summed E-state index contributed by atoms with van der Waals surface area (Å²) < 4.78 is 64.7. The van der Waals surface area contributed by atoms with Crippen LogP contribution in [0.5, 0.6) is 11.5 Å². The van der Waals surface area contributed by atoms with E-state index in [1.54, 1.807) is 7.11 Å². The summed E-state index contributed by atoms with van der Waals surface area (Å²) in [5, 5.41) is 12.5. The number of hydrogen-bond acceptors (Lipinski definition) is 4. The fraction of sp³-hybridized carbons (Fsp3) is 0.269. The molecule has 0 unspecified atom stereocenters. The van der Waals surface area contributed by atoms with Gasteiger partial charge in [-0.3, -0.25) is 0 Å². The van der Waals surface area contributed by atoms with Crippen LogP contribution in [0.4, 0.5) is 17.6 Å². The highest BCUT2D eigenvalue weighted by Crippen LogP contribution is 2.34. The van der Waals surface area contributed by atoms with Crippen molar-refractivity contribution in [3.05, 3.63) is 83.2 Å². The van der Waals surface area contributed by atoms with Crippen molar-refractivity contribution in [2.75, 3.05) is 20.3 Å². The summed E-state index contributed by atoms with van der Waals surface area (Å²) in [4.78, 5) is 11.3. The molecule has 3 rings (SSSR count). The second-order valence-corrected chi connectivity index (χ2v) is 7.93. The lowest BCUT2D eigenvalue weighted by Gasteiger charge is -2.15. The highest BCUT2D eigenvalue weighted by atomic mass is 19.4. The summed E-state index contributed by atoms with van der Waals surface area (Å²) in [5.74, 6) is -1.33. The Morgan fingerprint density at radius 1 is 1.03 bits per heavy atom. The largest absolute Gasteiger partial charge is 0.497 e. The molecule has 186 valence electrons. The summed E-state index contributed by atoms with van der Waals surface area (Å²) in [5.41, 5.74) is -0.608. The van der Waals surface area contributed by atoms with Gasteiger partial charge < -0.3 is 19.9 Å². The van der Waals surface area contributed by atoms with Gasteiger partial charge in [0.15, 0.2) is 0 Å². The van der Waals surface area contributed by atoms with Crippen molar-refractivity contribution in [3.63, 3.8) is 0 Å². The van der Waals surface area contributed by atoms with Gasteiger partial charge in [-0.1, -0.05) is 12.1 Å². The predicted octanol–water partition coefficient (Wildman–Crippen LogP) is 6.34. The third-order valence-corrected chi connectivity index (χ3v) is 5.35. The molecule has 0 aliphatic carbocycles. The molecule has 0 fully saturated rings. The molecule has 0 saturated heterocycles. The minimum absolute atomic E-state index is 0.0650. The van der Waals surface area contributed by atoms with Gasteiger partial charge in [-0.05, 0) is 79.0 Å². The molecule has 0 saturated carbocycles. The molecule has 0 amide bonds. The molecule has 3 aromatic carbocycles. The minimum atomic E-state index is -4.75. The number of hydrogen-bond donors (Lipinski definition) is 2. The van der Waals surface area contributed by atoms with E-state index in [1.807, 2.05) is 31.2 Å². The maximum absolute atomic E-state index is 14.2. The number of aromatic carboxylic acids is 1. The fourth-order valence-electron chi connectivity index (χ4n) is 3.50. The Morgan fingerprint density at radius 3 is 2.46 bits per heavy atom. The monoisotopic (exact) mass is 491 g/mol. The number of carboxylic acid groups (broad SMARTS) is 1. The van der Waals surface area contributed by atoms with Crippen LogP contribution in [0.1, 0.15) is 40.9 Å². The van der Waals surface area contributed by atoms with Crippen molar-refractivity contribution in [2.45, 2.75) is 25.6 Å². The van der Waals surface area contributed by atoms with E-state index >= 15 is 0 Å². The smallest absolute Gasteiger partial charge is 0.416 e. The van der Waals surface area contributed by atoms with Crippen LogP contribution in [0.3, 0.4) is 0 Å². The van der Waals surface area contributed by atoms with Crippen molar-refractivity contribution in [2.24, 2.45) is 0 Å². The Kier molecular flexibility index (Phi) is 8.34. The Hall–Kier alpha value is -3.59. The van der Waals surface area contributed by atoms with Gasteiger partial charge in [-0.2, -0.15) is 13.2 Å². The number of rotatable bonds is 10. The number of alkyl halides is 3. The normalized spacial score (nSPS) is 12.3. The van der Waals surface area contributed by atoms with E-state index in [2.05, 4.69) is 5.32 Å². The molecule has 3 aromatic rings. The van der Waals surface area contributed by atoms with Crippen molar-refractivity contribution in [1.82, 2.24) is 5.32 Å². The Balaban J connectivity index is 1.65. The number of nitrogens with one attached hydrogen (secondary N) is 1. The molecule has 0 radical (unpaired) electrons. The van der Waals surface area contributed by atoms with Crippen LogP contribution in [0, 0.1) is 5.82 Å². The average Bonchev–Trinajstić information content (AvgIpc) is 2.82. The first kappa shape index (κ1) is 26.0. The maximum Gasteiger partial charge on any atom is 0.416 e. The lowest BCUT2D eigenvalue weighted by Crippen LogP contribution is -2.21. The number of ether oxygens (including phenoxy) is 2. The standard InChI is InChI=1S/C26H25F4NO4/c1-16(17-5-3-6-23(13-17)34-2)31-7-4-8-35-24-14-19(12-22(27)15-24)18-9-20(25(32)33)11-21(10-18)26(28,29)30/h3,5-6,9-16,31H,4,7-8H2,1-2H3,(H,32,33)/t16-/m1/s1. The van der Waals surface area contributed by atoms with E-state index in [0.717, 1.165) is 35.6 Å². The zero-order valence-electron chi connectivity index (χ0n) is 19.2. The number of benzene rings is 3. The van der Waals surface area contributed by atoms with Crippen LogP contribution in [-0.4, -0.2) is 31.3 Å². The Bertz CT molecular complexity index is 1180. The molecular formula is C26H25F4NO4. The molecule has 2 N–H and O–H groups in total. The minimum Gasteiger partial charge on any atom is -0.497 e. The molecule has 0 spiro atoms. The second-order valence-electron chi connectivity index (χ2n) is 7.93. The van der Waals surface area contributed by atoms with Gasteiger partial charge >= 0.3 is 12.1 Å². The van der Waals surface area contributed by atoms with E-state index < -0.39 is 29.1 Å². The first-order chi connectivity index (χ1) is 16.6. The number of carbonyl (C=O) groups is 1. The average molecular weight is 491 g/mol. The molecule has 5 nitrogen and oxygen atoms in total. The maximum atomic E-state index is 14.2. The van der Waals surface area contributed by atoms with Crippen LogP contribution < -0.4 is 14.8 Å². The third-order valence-electron chi connectivity index (χ3n) is 5.35. The summed E-state index contributed by atoms with van der Waals surface area (Å²) in [6, 6.07) is 13.7. The molecule has 0 aliphatic heterocycles. The topological polar surface area (TPSA) is 67.8 Å². The van der Waals surface area contributed by atoms with E-state index in [4.69, 9.17) is 9.47 Å². The lowest BCUT2D eigenvalue weighted by atomic mass is 9.99. The molecule has 0 aromatic heterocycles. The van der Waals surface area contributed by atoms with Crippen LogP contribution in [0.25, 0.3) is 11.1 Å². The fourth-order valence-corrected chi connectivity index (χ4v) is 3.50. The van der Waals surface area contributed by atoms with E-state index in [0.29, 0.717) is 19.0 Å². The van der Waals surface area contributed by atoms with Crippen molar-refractivity contribution in [1.29, 1.82) is 0 Å².